The molecule has 0 heteroatoms. The molecule has 1 aliphatic carbocycles. The lowest BCUT2D eigenvalue weighted by atomic mass is 9.58. The largest absolute Gasteiger partial charge is 0.0985 e. The molecule has 1 aromatic rings. The summed E-state index contributed by atoms with van der Waals surface area (Å²) in [6.07, 6.45) is 3.24. The predicted molar refractivity (Wildman–Crippen MR) is 81.1 cm³/mol. The van der Waals surface area contributed by atoms with Crippen LogP contribution in [0, 0.1) is 12.8 Å². The molecule has 0 saturated carbocycles. The molecule has 2 rings (SSSR count). The van der Waals surface area contributed by atoms with Crippen LogP contribution in [0.2, 0.25) is 0 Å². The van der Waals surface area contributed by atoms with E-state index in [0.717, 1.165) is 0 Å². The first-order valence-electron chi connectivity index (χ1n) is 6.98. The van der Waals surface area contributed by atoms with Crippen LogP contribution in [0.1, 0.15) is 63.3 Å². The Morgan fingerprint density at radius 3 is 2.33 bits per heavy atom. The smallest absolute Gasteiger partial charge is 0.00746 e. The summed E-state index contributed by atoms with van der Waals surface area (Å²) in [5.41, 5.74) is 6.24. The van der Waals surface area contributed by atoms with Gasteiger partial charge in [0.25, 0.3) is 0 Å². The lowest BCUT2D eigenvalue weighted by Gasteiger charge is -2.47. The van der Waals surface area contributed by atoms with Crippen LogP contribution < -0.4 is 0 Å². The van der Waals surface area contributed by atoms with Crippen LogP contribution in [-0.4, -0.2) is 0 Å². The Hall–Kier alpha value is -1.04. The van der Waals surface area contributed by atoms with E-state index in [1.807, 2.05) is 6.08 Å². The standard InChI is InChI=1S/C18H26/c1-8-14-10-15-16(9-12(14)2)18(6,7)13(3)11-17(15,4)5/h8-10,13H,1,11H2,2-7H3. The van der Waals surface area contributed by atoms with E-state index in [1.54, 1.807) is 0 Å². The summed E-state index contributed by atoms with van der Waals surface area (Å²) in [5, 5.41) is 0. The summed E-state index contributed by atoms with van der Waals surface area (Å²) >= 11 is 0. The van der Waals surface area contributed by atoms with Gasteiger partial charge in [-0.2, -0.15) is 0 Å². The average molecular weight is 242 g/mol. The van der Waals surface area contributed by atoms with Crippen molar-refractivity contribution >= 4 is 6.08 Å². The van der Waals surface area contributed by atoms with Gasteiger partial charge in [-0.1, -0.05) is 59.4 Å². The van der Waals surface area contributed by atoms with Crippen molar-refractivity contribution in [2.75, 3.05) is 0 Å². The summed E-state index contributed by atoms with van der Waals surface area (Å²) < 4.78 is 0. The Kier molecular flexibility index (Phi) is 2.96. The maximum absolute atomic E-state index is 3.94. The molecule has 0 saturated heterocycles. The Balaban J connectivity index is 2.75. The van der Waals surface area contributed by atoms with Crippen molar-refractivity contribution in [2.24, 2.45) is 5.92 Å². The molecule has 0 fully saturated rings. The Morgan fingerprint density at radius 1 is 1.17 bits per heavy atom. The van der Waals surface area contributed by atoms with Gasteiger partial charge < -0.3 is 0 Å². The summed E-state index contributed by atoms with van der Waals surface area (Å²) in [7, 11) is 0. The highest BCUT2D eigenvalue weighted by Gasteiger charge is 2.41. The van der Waals surface area contributed by atoms with Gasteiger partial charge in [-0.15, -0.1) is 0 Å². The van der Waals surface area contributed by atoms with Crippen LogP contribution in [-0.2, 0) is 10.8 Å². The van der Waals surface area contributed by atoms with Gasteiger partial charge in [0, 0.05) is 0 Å². The summed E-state index contributed by atoms with van der Waals surface area (Å²) in [4.78, 5) is 0. The van der Waals surface area contributed by atoms with Crippen LogP contribution in [0.25, 0.3) is 6.08 Å². The molecular formula is C18H26. The van der Waals surface area contributed by atoms with Gasteiger partial charge in [-0.05, 0) is 52.3 Å². The van der Waals surface area contributed by atoms with Crippen LogP contribution in [0.5, 0.6) is 0 Å². The normalized spacial score (nSPS) is 24.4. The van der Waals surface area contributed by atoms with E-state index in [9.17, 15) is 0 Å². The first-order valence-corrected chi connectivity index (χ1v) is 6.98. The van der Waals surface area contributed by atoms with Gasteiger partial charge in [0.1, 0.15) is 0 Å². The lowest BCUT2D eigenvalue weighted by molar-refractivity contribution is 0.233. The van der Waals surface area contributed by atoms with Crippen molar-refractivity contribution in [1.82, 2.24) is 0 Å². The highest BCUT2D eigenvalue weighted by atomic mass is 14.5. The molecule has 0 heterocycles. The quantitative estimate of drug-likeness (QED) is 0.632. The molecule has 0 nitrogen and oxygen atoms in total. The third-order valence-corrected chi connectivity index (χ3v) is 5.10. The van der Waals surface area contributed by atoms with Gasteiger partial charge in [0.15, 0.2) is 0 Å². The number of aryl methyl sites for hydroxylation is 1. The monoisotopic (exact) mass is 242 g/mol. The van der Waals surface area contributed by atoms with Gasteiger partial charge in [0.2, 0.25) is 0 Å². The molecule has 0 bridgehead atoms. The van der Waals surface area contributed by atoms with Crippen molar-refractivity contribution in [2.45, 2.75) is 58.8 Å². The molecule has 1 aromatic carbocycles. The summed E-state index contributed by atoms with van der Waals surface area (Å²) in [6.45, 7) is 18.0. The van der Waals surface area contributed by atoms with E-state index in [-0.39, 0.29) is 10.8 Å². The van der Waals surface area contributed by atoms with E-state index in [0.29, 0.717) is 5.92 Å². The van der Waals surface area contributed by atoms with E-state index >= 15 is 0 Å². The number of hydrogen-bond donors (Lipinski definition) is 0. The number of rotatable bonds is 1. The molecule has 1 unspecified atom stereocenters. The Labute approximate surface area is 112 Å². The third-order valence-electron chi connectivity index (χ3n) is 5.10. The fourth-order valence-corrected chi connectivity index (χ4v) is 3.43. The molecule has 0 radical (unpaired) electrons. The highest BCUT2D eigenvalue weighted by molar-refractivity contribution is 5.58. The SMILES string of the molecule is C=Cc1cc2c(cc1C)C(C)(C)C(C)CC2(C)C. The maximum atomic E-state index is 3.94. The maximum Gasteiger partial charge on any atom is -0.00746 e. The first-order chi connectivity index (χ1) is 8.20. The lowest BCUT2D eigenvalue weighted by Crippen LogP contribution is -2.40. The van der Waals surface area contributed by atoms with Crippen LogP contribution >= 0.6 is 0 Å². The molecule has 0 spiro atoms. The Morgan fingerprint density at radius 2 is 1.78 bits per heavy atom. The molecule has 0 aliphatic heterocycles. The minimum Gasteiger partial charge on any atom is -0.0985 e. The van der Waals surface area contributed by atoms with Gasteiger partial charge >= 0.3 is 0 Å². The van der Waals surface area contributed by atoms with Crippen molar-refractivity contribution in [3.05, 3.63) is 41.0 Å². The third kappa shape index (κ3) is 1.83. The summed E-state index contributed by atoms with van der Waals surface area (Å²) in [5.74, 6) is 0.717. The van der Waals surface area contributed by atoms with Gasteiger partial charge in [0.05, 0.1) is 0 Å². The van der Waals surface area contributed by atoms with Crippen LogP contribution in [0.4, 0.5) is 0 Å². The second kappa shape index (κ2) is 3.98. The molecule has 98 valence electrons. The number of fused-ring (bicyclic) bond motifs is 1. The zero-order valence-corrected chi connectivity index (χ0v) is 12.7. The fourth-order valence-electron chi connectivity index (χ4n) is 3.43. The van der Waals surface area contributed by atoms with Gasteiger partial charge in [-0.25, -0.2) is 0 Å². The zero-order valence-electron chi connectivity index (χ0n) is 12.7. The number of hydrogen-bond acceptors (Lipinski definition) is 0. The molecular weight excluding hydrogens is 216 g/mol. The minimum atomic E-state index is 0.273. The molecule has 0 amide bonds. The molecule has 18 heavy (non-hydrogen) atoms. The predicted octanol–water partition coefficient (Wildman–Crippen LogP) is 5.23. The first kappa shape index (κ1) is 13.4. The average Bonchev–Trinajstić information content (AvgIpc) is 2.26. The van der Waals surface area contributed by atoms with E-state index < -0.39 is 0 Å². The number of benzene rings is 1. The fraction of sp³-hybridized carbons (Fsp3) is 0.556. The summed E-state index contributed by atoms with van der Waals surface area (Å²) in [6, 6.07) is 4.76. The van der Waals surface area contributed by atoms with E-state index in [2.05, 4.69) is 60.3 Å². The highest BCUT2D eigenvalue weighted by Crippen LogP contribution is 2.49. The minimum absolute atomic E-state index is 0.273. The van der Waals surface area contributed by atoms with Crippen molar-refractivity contribution in [3.8, 4) is 0 Å². The van der Waals surface area contributed by atoms with E-state index in [1.165, 1.54) is 28.7 Å². The molecule has 0 N–H and O–H groups in total. The van der Waals surface area contributed by atoms with Gasteiger partial charge in [-0.3, -0.25) is 0 Å². The molecule has 1 aliphatic rings. The van der Waals surface area contributed by atoms with Crippen molar-refractivity contribution < 1.29 is 0 Å². The topological polar surface area (TPSA) is 0 Å². The van der Waals surface area contributed by atoms with Crippen LogP contribution in [0.15, 0.2) is 18.7 Å². The second-order valence-corrected chi connectivity index (χ2v) is 7.17. The van der Waals surface area contributed by atoms with Crippen molar-refractivity contribution in [3.63, 3.8) is 0 Å². The van der Waals surface area contributed by atoms with Crippen molar-refractivity contribution in [1.29, 1.82) is 0 Å². The molecule has 1 atom stereocenters. The van der Waals surface area contributed by atoms with Crippen LogP contribution in [0.3, 0.4) is 0 Å². The molecule has 0 aromatic heterocycles. The Bertz CT molecular complexity index is 489. The van der Waals surface area contributed by atoms with E-state index in [4.69, 9.17) is 0 Å². The second-order valence-electron chi connectivity index (χ2n) is 7.17. The zero-order chi connectivity index (χ0) is 13.7.